The molecule has 0 spiro atoms. The molecule has 3 N–H and O–H groups in total. The van der Waals surface area contributed by atoms with Gasteiger partial charge in [-0.3, -0.25) is 4.79 Å². The second kappa shape index (κ2) is 5.77. The highest BCUT2D eigenvalue weighted by Gasteiger charge is 2.11. The third kappa shape index (κ3) is 3.17. The van der Waals surface area contributed by atoms with E-state index in [4.69, 9.17) is 5.73 Å². The van der Waals surface area contributed by atoms with E-state index in [1.807, 2.05) is 35.9 Å². The molecule has 1 aromatic carbocycles. The molecule has 1 heterocycles. The summed E-state index contributed by atoms with van der Waals surface area (Å²) in [7, 11) is 0. The molecule has 0 bridgehead atoms. The quantitative estimate of drug-likeness (QED) is 0.840. The van der Waals surface area contributed by atoms with E-state index in [2.05, 4.69) is 24.1 Å². The Morgan fingerprint density at radius 2 is 2.20 bits per heavy atom. The molecule has 2 aromatic rings. The average molecular weight is 272 g/mol. The first kappa shape index (κ1) is 14.1. The van der Waals surface area contributed by atoms with Crippen molar-refractivity contribution in [1.29, 1.82) is 0 Å². The van der Waals surface area contributed by atoms with Crippen molar-refractivity contribution in [3.05, 3.63) is 42.0 Å². The normalized spacial score (nSPS) is 10.8. The Morgan fingerprint density at radius 3 is 2.85 bits per heavy atom. The highest BCUT2D eigenvalue weighted by Crippen LogP contribution is 2.19. The van der Waals surface area contributed by atoms with Crippen LogP contribution in [0.1, 0.15) is 31.2 Å². The Hall–Kier alpha value is -2.30. The fraction of sp³-hybridized carbons (Fsp3) is 0.333. The molecule has 0 unspecified atom stereocenters. The van der Waals surface area contributed by atoms with Crippen LogP contribution in [0.25, 0.3) is 0 Å². The summed E-state index contributed by atoms with van der Waals surface area (Å²) in [5, 5.41) is 2.83. The predicted octanol–water partition coefficient (Wildman–Crippen LogP) is 2.54. The van der Waals surface area contributed by atoms with Gasteiger partial charge >= 0.3 is 0 Å². The topological polar surface area (TPSA) is 72.9 Å². The number of carbonyl (C=O) groups excluding carboxylic acids is 1. The number of aryl methyl sites for hydroxylation is 1. The molecule has 106 valence electrons. The number of hydrogen-bond donors (Lipinski definition) is 2. The number of benzene rings is 1. The van der Waals surface area contributed by atoms with Crippen LogP contribution in [0.2, 0.25) is 0 Å². The van der Waals surface area contributed by atoms with Gasteiger partial charge in [0.1, 0.15) is 12.4 Å². The number of nitrogens with zero attached hydrogens (tertiary/aromatic N) is 2. The van der Waals surface area contributed by atoms with Crippen LogP contribution in [0.5, 0.6) is 0 Å². The molecule has 1 amide bonds. The zero-order valence-corrected chi connectivity index (χ0v) is 12.1. The van der Waals surface area contributed by atoms with Gasteiger partial charge in [0.25, 0.3) is 0 Å². The third-order valence-corrected chi connectivity index (χ3v) is 3.06. The van der Waals surface area contributed by atoms with Gasteiger partial charge in [0, 0.05) is 18.3 Å². The Kier molecular flexibility index (Phi) is 4.08. The van der Waals surface area contributed by atoms with E-state index in [-0.39, 0.29) is 18.4 Å². The van der Waals surface area contributed by atoms with Crippen molar-refractivity contribution < 1.29 is 4.79 Å². The molecule has 5 heteroatoms. The number of hydrogen-bond acceptors (Lipinski definition) is 3. The molecule has 2 rings (SSSR count). The van der Waals surface area contributed by atoms with E-state index in [9.17, 15) is 4.79 Å². The van der Waals surface area contributed by atoms with Crippen LogP contribution in [-0.2, 0) is 11.3 Å². The van der Waals surface area contributed by atoms with Crippen molar-refractivity contribution in [2.24, 2.45) is 0 Å². The third-order valence-electron chi connectivity index (χ3n) is 3.06. The summed E-state index contributed by atoms with van der Waals surface area (Å²) in [6.45, 7) is 6.30. The van der Waals surface area contributed by atoms with Gasteiger partial charge in [-0.1, -0.05) is 19.9 Å². The second-order valence-electron chi connectivity index (χ2n) is 5.21. The summed E-state index contributed by atoms with van der Waals surface area (Å²) in [5.74, 6) is 1.07. The minimum atomic E-state index is -0.111. The molecule has 1 aromatic heterocycles. The van der Waals surface area contributed by atoms with Crippen LogP contribution in [0.4, 0.5) is 11.4 Å². The molecule has 0 aliphatic rings. The standard InChI is InChI=1S/C15H20N4O/c1-10(2)15-17-6-7-19(15)9-14(20)18-13-5-4-11(3)8-12(13)16/h4-8,10H,9,16H2,1-3H3,(H,18,20). The highest BCUT2D eigenvalue weighted by atomic mass is 16.1. The van der Waals surface area contributed by atoms with E-state index in [1.54, 1.807) is 6.20 Å². The molecule has 0 radical (unpaired) electrons. The minimum absolute atomic E-state index is 0.111. The van der Waals surface area contributed by atoms with Gasteiger partial charge in [0.05, 0.1) is 11.4 Å². The monoisotopic (exact) mass is 272 g/mol. The molecule has 0 saturated heterocycles. The van der Waals surface area contributed by atoms with Crippen molar-refractivity contribution in [1.82, 2.24) is 9.55 Å². The predicted molar refractivity (Wildman–Crippen MR) is 80.5 cm³/mol. The summed E-state index contributed by atoms with van der Waals surface area (Å²) in [5.41, 5.74) is 8.18. The van der Waals surface area contributed by atoms with Gasteiger partial charge in [-0.15, -0.1) is 0 Å². The Balaban J connectivity index is 2.07. The fourth-order valence-corrected chi connectivity index (χ4v) is 2.10. The van der Waals surface area contributed by atoms with Crippen LogP contribution in [-0.4, -0.2) is 15.5 Å². The van der Waals surface area contributed by atoms with Crippen LogP contribution in [0, 0.1) is 6.92 Å². The van der Waals surface area contributed by atoms with Crippen molar-refractivity contribution in [3.63, 3.8) is 0 Å². The first-order chi connectivity index (χ1) is 9.47. The number of nitrogens with one attached hydrogen (secondary N) is 1. The van der Waals surface area contributed by atoms with Crippen LogP contribution in [0.15, 0.2) is 30.6 Å². The second-order valence-corrected chi connectivity index (χ2v) is 5.21. The first-order valence-electron chi connectivity index (χ1n) is 6.64. The Labute approximate surface area is 118 Å². The number of anilines is 2. The number of amides is 1. The molecule has 0 atom stereocenters. The maximum Gasteiger partial charge on any atom is 0.244 e. The zero-order valence-electron chi connectivity index (χ0n) is 12.1. The number of carbonyl (C=O) groups is 1. The van der Waals surface area contributed by atoms with Crippen molar-refractivity contribution >= 4 is 17.3 Å². The fourth-order valence-electron chi connectivity index (χ4n) is 2.10. The Bertz CT molecular complexity index is 616. The van der Waals surface area contributed by atoms with E-state index >= 15 is 0 Å². The van der Waals surface area contributed by atoms with Crippen molar-refractivity contribution in [2.75, 3.05) is 11.1 Å². The number of nitrogens with two attached hydrogens (primary N) is 1. The van der Waals surface area contributed by atoms with Gasteiger partial charge in [-0.05, 0) is 24.6 Å². The molecule has 0 saturated carbocycles. The number of aromatic nitrogens is 2. The van der Waals surface area contributed by atoms with Crippen LogP contribution >= 0.6 is 0 Å². The molecule has 5 nitrogen and oxygen atoms in total. The lowest BCUT2D eigenvalue weighted by Gasteiger charge is -2.12. The van der Waals surface area contributed by atoms with E-state index < -0.39 is 0 Å². The molecular weight excluding hydrogens is 252 g/mol. The van der Waals surface area contributed by atoms with Crippen LogP contribution in [0.3, 0.4) is 0 Å². The van der Waals surface area contributed by atoms with Crippen LogP contribution < -0.4 is 11.1 Å². The summed E-state index contributed by atoms with van der Waals surface area (Å²) >= 11 is 0. The summed E-state index contributed by atoms with van der Waals surface area (Å²) in [6.07, 6.45) is 3.52. The number of imidazole rings is 1. The maximum atomic E-state index is 12.1. The zero-order chi connectivity index (χ0) is 14.7. The van der Waals surface area contributed by atoms with Crippen molar-refractivity contribution in [3.8, 4) is 0 Å². The summed E-state index contributed by atoms with van der Waals surface area (Å²) in [6, 6.07) is 5.58. The van der Waals surface area contributed by atoms with E-state index in [0.717, 1.165) is 11.4 Å². The van der Waals surface area contributed by atoms with E-state index in [1.165, 1.54) is 0 Å². The van der Waals surface area contributed by atoms with Gasteiger partial charge in [-0.25, -0.2) is 4.98 Å². The smallest absolute Gasteiger partial charge is 0.244 e. The van der Waals surface area contributed by atoms with Gasteiger partial charge < -0.3 is 15.6 Å². The molecule has 0 aliphatic heterocycles. The lowest BCUT2D eigenvalue weighted by atomic mass is 10.2. The maximum absolute atomic E-state index is 12.1. The Morgan fingerprint density at radius 1 is 1.45 bits per heavy atom. The first-order valence-corrected chi connectivity index (χ1v) is 6.64. The molecule has 0 aliphatic carbocycles. The van der Waals surface area contributed by atoms with E-state index in [0.29, 0.717) is 11.4 Å². The largest absolute Gasteiger partial charge is 0.397 e. The molecule has 20 heavy (non-hydrogen) atoms. The van der Waals surface area contributed by atoms with Gasteiger partial charge in [-0.2, -0.15) is 0 Å². The van der Waals surface area contributed by atoms with Crippen molar-refractivity contribution in [2.45, 2.75) is 33.2 Å². The highest BCUT2D eigenvalue weighted by molar-refractivity contribution is 5.93. The van der Waals surface area contributed by atoms with Gasteiger partial charge in [0.2, 0.25) is 5.91 Å². The lowest BCUT2D eigenvalue weighted by molar-refractivity contribution is -0.116. The lowest BCUT2D eigenvalue weighted by Crippen LogP contribution is -2.20. The summed E-state index contributed by atoms with van der Waals surface area (Å²) < 4.78 is 1.85. The SMILES string of the molecule is Cc1ccc(NC(=O)Cn2ccnc2C(C)C)c(N)c1. The average Bonchev–Trinajstić information content (AvgIpc) is 2.81. The number of nitrogen functional groups attached to an aromatic ring is 1. The molecule has 0 fully saturated rings. The minimum Gasteiger partial charge on any atom is -0.397 e. The molecular formula is C15H20N4O. The number of rotatable bonds is 4. The van der Waals surface area contributed by atoms with Gasteiger partial charge in [0.15, 0.2) is 0 Å². The summed E-state index contributed by atoms with van der Waals surface area (Å²) in [4.78, 5) is 16.3.